The van der Waals surface area contributed by atoms with Gasteiger partial charge < -0.3 is 0 Å². The smallest absolute Gasteiger partial charge is 0.0889 e. The summed E-state index contributed by atoms with van der Waals surface area (Å²) >= 11 is 0. The first-order chi connectivity index (χ1) is 17.8. The molecule has 0 spiro atoms. The molecule has 4 aromatic heterocycles. The molecule has 6 heteroatoms. The Morgan fingerprint density at radius 3 is 1.33 bits per heavy atom. The first-order valence-electron chi connectivity index (χ1n) is 11.7. The van der Waals surface area contributed by atoms with Crippen LogP contribution in [0.1, 0.15) is 11.4 Å². The maximum Gasteiger partial charge on any atom is 0.0889 e. The summed E-state index contributed by atoms with van der Waals surface area (Å²) in [6, 6.07) is 31.4. The Bertz CT molecular complexity index is 1350. The summed E-state index contributed by atoms with van der Waals surface area (Å²) in [5, 5.41) is 0. The summed E-state index contributed by atoms with van der Waals surface area (Å²) in [6.45, 7) is 0. The zero-order valence-electron chi connectivity index (χ0n) is 19.6. The van der Waals surface area contributed by atoms with E-state index >= 15 is 0 Å². The van der Waals surface area contributed by atoms with Crippen molar-refractivity contribution in [3.8, 4) is 22.8 Å². The van der Waals surface area contributed by atoms with E-state index < -0.39 is 0 Å². The normalized spacial score (nSPS) is 11.3. The highest BCUT2D eigenvalue weighted by atomic mass is 14.8. The zero-order chi connectivity index (χ0) is 24.4. The topological polar surface area (TPSA) is 76.3 Å². The summed E-state index contributed by atoms with van der Waals surface area (Å²) in [6.07, 6.45) is 8.59. The molecule has 1 aromatic carbocycles. The van der Waals surface area contributed by atoms with Crippen LogP contribution in [0.15, 0.2) is 119 Å². The molecule has 0 radical (unpaired) electrons. The van der Waals surface area contributed by atoms with Crippen LogP contribution in [0, 0.1) is 0 Å². The van der Waals surface area contributed by atoms with Crippen LogP contribution in [-0.2, 0) is 12.8 Å². The monoisotopic (exact) mass is 468 g/mol. The van der Waals surface area contributed by atoms with E-state index in [1.54, 1.807) is 12.4 Å². The molecule has 0 atom stereocenters. The minimum atomic E-state index is 0.644. The molecule has 0 saturated carbocycles. The Morgan fingerprint density at radius 1 is 0.472 bits per heavy atom. The fraction of sp³-hybridized carbons (Fsp3) is 0.0667. The standard InChI is InChI=1S/C30H24N6/c1-3-19-33-27(9-1)29-11-5-7-25(35-29)17-21-31-23-13-15-24(16-14-23)32-22-18-26-8-6-12-30(36-26)28-10-2-4-20-34-28/h1-16,19-22H,17-18H2. The fourth-order valence-electron chi connectivity index (χ4n) is 3.61. The van der Waals surface area contributed by atoms with Crippen molar-refractivity contribution in [2.24, 2.45) is 9.98 Å². The van der Waals surface area contributed by atoms with Crippen LogP contribution in [0.2, 0.25) is 0 Å². The average molecular weight is 469 g/mol. The Kier molecular flexibility index (Phi) is 7.34. The van der Waals surface area contributed by atoms with Crippen molar-refractivity contribution in [3.05, 3.63) is 121 Å². The summed E-state index contributed by atoms with van der Waals surface area (Å²) < 4.78 is 0. The van der Waals surface area contributed by atoms with Gasteiger partial charge in [0.2, 0.25) is 0 Å². The van der Waals surface area contributed by atoms with Crippen molar-refractivity contribution < 1.29 is 0 Å². The van der Waals surface area contributed by atoms with Crippen molar-refractivity contribution in [3.63, 3.8) is 0 Å². The molecule has 0 aliphatic carbocycles. The summed E-state index contributed by atoms with van der Waals surface area (Å²) in [5.74, 6) is 0. The second-order valence-corrected chi connectivity index (χ2v) is 8.01. The minimum Gasteiger partial charge on any atom is -0.261 e. The van der Waals surface area contributed by atoms with Crippen LogP contribution >= 0.6 is 0 Å². The van der Waals surface area contributed by atoms with E-state index in [1.165, 1.54) is 0 Å². The lowest BCUT2D eigenvalue weighted by Crippen LogP contribution is -1.94. The van der Waals surface area contributed by atoms with Crippen molar-refractivity contribution in [1.29, 1.82) is 0 Å². The number of benzene rings is 1. The Balaban J connectivity index is 1.16. The van der Waals surface area contributed by atoms with E-state index in [0.717, 1.165) is 45.5 Å². The molecule has 5 rings (SSSR count). The lowest BCUT2D eigenvalue weighted by Gasteiger charge is -2.02. The zero-order valence-corrected chi connectivity index (χ0v) is 19.6. The van der Waals surface area contributed by atoms with Crippen LogP contribution in [0.25, 0.3) is 22.8 Å². The Labute approximate surface area is 210 Å². The maximum absolute atomic E-state index is 4.69. The van der Waals surface area contributed by atoms with Gasteiger partial charge in [-0.15, -0.1) is 0 Å². The molecule has 0 saturated heterocycles. The maximum atomic E-state index is 4.69. The molecule has 174 valence electrons. The molecule has 0 unspecified atom stereocenters. The number of pyridine rings is 4. The van der Waals surface area contributed by atoms with Crippen molar-refractivity contribution in [2.45, 2.75) is 12.8 Å². The van der Waals surface area contributed by atoms with E-state index in [1.807, 2.05) is 109 Å². The average Bonchev–Trinajstić information content (AvgIpc) is 2.95. The van der Waals surface area contributed by atoms with Crippen LogP contribution in [0.5, 0.6) is 0 Å². The molecule has 6 nitrogen and oxygen atoms in total. The van der Waals surface area contributed by atoms with Gasteiger partial charge >= 0.3 is 0 Å². The van der Waals surface area contributed by atoms with Gasteiger partial charge in [-0.3, -0.25) is 29.9 Å². The van der Waals surface area contributed by atoms with Gasteiger partial charge in [-0.2, -0.15) is 0 Å². The summed E-state index contributed by atoms with van der Waals surface area (Å²) in [4.78, 5) is 27.2. The molecule has 0 fully saturated rings. The molecule has 0 aliphatic rings. The van der Waals surface area contributed by atoms with Gasteiger partial charge in [0.1, 0.15) is 0 Å². The van der Waals surface area contributed by atoms with Gasteiger partial charge in [-0.25, -0.2) is 0 Å². The number of aliphatic imine (C=N–C) groups is 2. The fourth-order valence-corrected chi connectivity index (χ4v) is 3.61. The van der Waals surface area contributed by atoms with Gasteiger partial charge in [0.05, 0.1) is 34.2 Å². The predicted octanol–water partition coefficient (Wildman–Crippen LogP) is 6.49. The number of hydrogen-bond acceptors (Lipinski definition) is 6. The molecule has 5 aromatic rings. The van der Waals surface area contributed by atoms with Gasteiger partial charge in [-0.1, -0.05) is 24.3 Å². The second-order valence-electron chi connectivity index (χ2n) is 8.01. The van der Waals surface area contributed by atoms with Crippen LogP contribution in [0.4, 0.5) is 11.4 Å². The lowest BCUT2D eigenvalue weighted by atomic mass is 10.2. The van der Waals surface area contributed by atoms with E-state index in [2.05, 4.69) is 29.9 Å². The van der Waals surface area contributed by atoms with Crippen LogP contribution < -0.4 is 0 Å². The third-order valence-electron chi connectivity index (χ3n) is 5.40. The molecule has 36 heavy (non-hydrogen) atoms. The Morgan fingerprint density at radius 2 is 0.917 bits per heavy atom. The van der Waals surface area contributed by atoms with Crippen molar-refractivity contribution >= 4 is 23.8 Å². The van der Waals surface area contributed by atoms with Crippen molar-refractivity contribution in [1.82, 2.24) is 19.9 Å². The molecular weight excluding hydrogens is 444 g/mol. The molecule has 4 heterocycles. The quantitative estimate of drug-likeness (QED) is 0.244. The summed E-state index contributed by atoms with van der Waals surface area (Å²) in [7, 11) is 0. The van der Waals surface area contributed by atoms with Gasteiger partial charge in [0, 0.05) is 49.1 Å². The highest BCUT2D eigenvalue weighted by Gasteiger charge is 2.02. The molecule has 0 aliphatic heterocycles. The molecule has 0 bridgehead atoms. The molecule has 0 N–H and O–H groups in total. The largest absolute Gasteiger partial charge is 0.261 e. The lowest BCUT2D eigenvalue weighted by molar-refractivity contribution is 1.14. The van der Waals surface area contributed by atoms with Crippen LogP contribution in [0.3, 0.4) is 0 Å². The molecule has 0 amide bonds. The van der Waals surface area contributed by atoms with E-state index in [9.17, 15) is 0 Å². The second kappa shape index (κ2) is 11.5. The first-order valence-corrected chi connectivity index (χ1v) is 11.7. The molecular formula is C30H24N6. The summed E-state index contributed by atoms with van der Waals surface area (Å²) in [5.41, 5.74) is 7.10. The van der Waals surface area contributed by atoms with E-state index in [0.29, 0.717) is 12.8 Å². The van der Waals surface area contributed by atoms with Crippen LogP contribution in [-0.4, -0.2) is 32.4 Å². The van der Waals surface area contributed by atoms with Gasteiger partial charge in [0.25, 0.3) is 0 Å². The number of hydrogen-bond donors (Lipinski definition) is 0. The highest BCUT2D eigenvalue weighted by molar-refractivity contribution is 5.69. The SMILES string of the molecule is C(Cc1cccc(-c2ccccn2)n1)=Nc1ccc(N=CCc2cccc(-c3ccccn3)n2)cc1. The third kappa shape index (κ3) is 6.18. The van der Waals surface area contributed by atoms with E-state index in [4.69, 9.17) is 0 Å². The number of nitrogens with zero attached hydrogens (tertiary/aromatic N) is 6. The van der Waals surface area contributed by atoms with Gasteiger partial charge in [0.15, 0.2) is 0 Å². The minimum absolute atomic E-state index is 0.644. The third-order valence-corrected chi connectivity index (χ3v) is 5.40. The predicted molar refractivity (Wildman–Crippen MR) is 145 cm³/mol. The van der Waals surface area contributed by atoms with Crippen molar-refractivity contribution in [2.75, 3.05) is 0 Å². The van der Waals surface area contributed by atoms with E-state index in [-0.39, 0.29) is 0 Å². The van der Waals surface area contributed by atoms with Gasteiger partial charge in [-0.05, 0) is 72.8 Å². The Hall–Kier alpha value is -4.84. The number of rotatable bonds is 8. The number of aromatic nitrogens is 4. The highest BCUT2D eigenvalue weighted by Crippen LogP contribution is 2.19. The first kappa shape index (κ1) is 22.9.